The van der Waals surface area contributed by atoms with Crippen molar-refractivity contribution in [3.63, 3.8) is 0 Å². The highest BCUT2D eigenvalue weighted by molar-refractivity contribution is 5.99. The lowest BCUT2D eigenvalue weighted by molar-refractivity contribution is 0.585. The molecule has 0 atom stereocenters. The second-order valence-electron chi connectivity index (χ2n) is 4.06. The van der Waals surface area contributed by atoms with Gasteiger partial charge in [-0.2, -0.15) is 5.10 Å². The summed E-state index contributed by atoms with van der Waals surface area (Å²) in [6, 6.07) is 10.4. The molecule has 0 saturated heterocycles. The van der Waals surface area contributed by atoms with E-state index in [9.17, 15) is 8.78 Å². The monoisotopic (exact) mass is 261 g/mol. The molecular weight excluding hydrogens is 248 g/mol. The maximum absolute atomic E-state index is 13.4. The molecule has 0 fully saturated rings. The van der Waals surface area contributed by atoms with Gasteiger partial charge in [-0.3, -0.25) is 5.43 Å². The Bertz CT molecular complexity index is 624. The number of hydrogen-bond donors (Lipinski definition) is 2. The number of hydrazone groups is 1. The van der Waals surface area contributed by atoms with E-state index in [1.54, 1.807) is 19.1 Å². The maximum atomic E-state index is 13.4. The van der Waals surface area contributed by atoms with Crippen LogP contribution in [0.25, 0.3) is 0 Å². The van der Waals surface area contributed by atoms with Crippen molar-refractivity contribution in [1.29, 1.82) is 0 Å². The first-order valence-corrected chi connectivity index (χ1v) is 5.67. The van der Waals surface area contributed by atoms with Crippen molar-refractivity contribution < 1.29 is 8.78 Å². The fourth-order valence-corrected chi connectivity index (χ4v) is 1.55. The molecule has 3 N–H and O–H groups in total. The topological polar surface area (TPSA) is 50.4 Å². The summed E-state index contributed by atoms with van der Waals surface area (Å²) in [6.07, 6.45) is 0. The molecule has 2 rings (SSSR count). The number of rotatable bonds is 3. The Morgan fingerprint density at radius 2 is 1.95 bits per heavy atom. The number of hydrogen-bond acceptors (Lipinski definition) is 3. The molecule has 0 aliphatic carbocycles. The van der Waals surface area contributed by atoms with Crippen LogP contribution in [0.1, 0.15) is 12.5 Å². The lowest BCUT2D eigenvalue weighted by Gasteiger charge is -2.05. The zero-order valence-corrected chi connectivity index (χ0v) is 10.3. The molecule has 0 bridgehead atoms. The van der Waals surface area contributed by atoms with Crippen LogP contribution < -0.4 is 11.2 Å². The first-order chi connectivity index (χ1) is 9.06. The molecule has 5 heteroatoms. The van der Waals surface area contributed by atoms with Crippen molar-refractivity contribution in [3.8, 4) is 0 Å². The molecule has 0 radical (unpaired) electrons. The first kappa shape index (κ1) is 13.0. The molecule has 19 heavy (non-hydrogen) atoms. The van der Waals surface area contributed by atoms with Gasteiger partial charge in [0.2, 0.25) is 0 Å². The second-order valence-corrected chi connectivity index (χ2v) is 4.06. The van der Waals surface area contributed by atoms with Crippen LogP contribution in [0, 0.1) is 11.6 Å². The van der Waals surface area contributed by atoms with E-state index < -0.39 is 11.6 Å². The van der Waals surface area contributed by atoms with E-state index >= 15 is 0 Å². The van der Waals surface area contributed by atoms with Gasteiger partial charge in [0.25, 0.3) is 0 Å². The van der Waals surface area contributed by atoms with Crippen LogP contribution in [0.5, 0.6) is 0 Å². The van der Waals surface area contributed by atoms with E-state index in [1.165, 1.54) is 6.07 Å². The zero-order chi connectivity index (χ0) is 13.8. The standard InChI is InChI=1S/C14H13F2N3/c1-9(10-3-2-4-12(17)7-10)18-19-14-6-5-11(15)8-13(14)16/h2-8,19H,17H2,1H3/b18-9-. The number of nitrogen functional groups attached to an aromatic ring is 1. The van der Waals surface area contributed by atoms with Crippen LogP contribution in [-0.2, 0) is 0 Å². The average molecular weight is 261 g/mol. The highest BCUT2D eigenvalue weighted by Crippen LogP contribution is 2.15. The molecule has 0 amide bonds. The van der Waals surface area contributed by atoms with E-state index in [4.69, 9.17) is 5.73 Å². The van der Waals surface area contributed by atoms with E-state index in [0.29, 0.717) is 11.4 Å². The molecule has 2 aromatic rings. The van der Waals surface area contributed by atoms with Crippen LogP contribution in [0.15, 0.2) is 47.6 Å². The predicted molar refractivity (Wildman–Crippen MR) is 73.0 cm³/mol. The van der Waals surface area contributed by atoms with Crippen LogP contribution in [0.3, 0.4) is 0 Å². The lowest BCUT2D eigenvalue weighted by atomic mass is 10.1. The van der Waals surface area contributed by atoms with Crippen LogP contribution in [0.4, 0.5) is 20.2 Å². The van der Waals surface area contributed by atoms with Crippen LogP contribution in [-0.4, -0.2) is 5.71 Å². The van der Waals surface area contributed by atoms with Gasteiger partial charge in [-0.1, -0.05) is 12.1 Å². The molecule has 0 aliphatic heterocycles. The summed E-state index contributed by atoms with van der Waals surface area (Å²) in [6.45, 7) is 1.77. The minimum absolute atomic E-state index is 0.115. The lowest BCUT2D eigenvalue weighted by Crippen LogP contribution is -2.01. The van der Waals surface area contributed by atoms with Crippen LogP contribution >= 0.6 is 0 Å². The summed E-state index contributed by atoms with van der Waals surface area (Å²) in [4.78, 5) is 0. The fourth-order valence-electron chi connectivity index (χ4n) is 1.55. The Balaban J connectivity index is 2.18. The molecule has 0 saturated carbocycles. The van der Waals surface area contributed by atoms with Crippen molar-refractivity contribution in [3.05, 3.63) is 59.7 Å². The number of halogens is 2. The van der Waals surface area contributed by atoms with E-state index in [0.717, 1.165) is 17.7 Å². The van der Waals surface area contributed by atoms with Crippen molar-refractivity contribution in [2.24, 2.45) is 5.10 Å². The Morgan fingerprint density at radius 1 is 1.16 bits per heavy atom. The van der Waals surface area contributed by atoms with Gasteiger partial charge < -0.3 is 5.73 Å². The molecule has 0 heterocycles. The van der Waals surface area contributed by atoms with Gasteiger partial charge in [0.1, 0.15) is 5.82 Å². The van der Waals surface area contributed by atoms with E-state index in [2.05, 4.69) is 10.5 Å². The summed E-state index contributed by atoms with van der Waals surface area (Å²) in [5.41, 5.74) is 10.4. The third kappa shape index (κ3) is 3.28. The van der Waals surface area contributed by atoms with Crippen LogP contribution in [0.2, 0.25) is 0 Å². The zero-order valence-electron chi connectivity index (χ0n) is 10.3. The second kappa shape index (κ2) is 5.48. The molecule has 0 aliphatic rings. The maximum Gasteiger partial charge on any atom is 0.151 e. The molecule has 0 spiro atoms. The quantitative estimate of drug-likeness (QED) is 0.505. The smallest absolute Gasteiger partial charge is 0.151 e. The Labute approximate surface area is 109 Å². The van der Waals surface area contributed by atoms with Gasteiger partial charge in [-0.05, 0) is 36.8 Å². The highest BCUT2D eigenvalue weighted by atomic mass is 19.1. The minimum Gasteiger partial charge on any atom is -0.399 e. The van der Waals surface area contributed by atoms with E-state index in [1.807, 2.05) is 12.1 Å². The van der Waals surface area contributed by atoms with Gasteiger partial charge >= 0.3 is 0 Å². The molecular formula is C14H13F2N3. The fraction of sp³-hybridized carbons (Fsp3) is 0.0714. The minimum atomic E-state index is -0.691. The summed E-state index contributed by atoms with van der Waals surface area (Å²) >= 11 is 0. The molecule has 0 aromatic heterocycles. The van der Waals surface area contributed by atoms with E-state index in [-0.39, 0.29) is 5.69 Å². The molecule has 0 unspecified atom stereocenters. The summed E-state index contributed by atoms with van der Waals surface area (Å²) < 4.78 is 26.1. The Hall–Kier alpha value is -2.43. The van der Waals surface area contributed by atoms with Crippen molar-refractivity contribution in [2.75, 3.05) is 11.2 Å². The first-order valence-electron chi connectivity index (χ1n) is 5.67. The SMILES string of the molecule is C/C(=N/Nc1ccc(F)cc1F)c1cccc(N)c1. The normalized spacial score (nSPS) is 11.4. The summed E-state index contributed by atoms with van der Waals surface area (Å²) in [5.74, 6) is -1.32. The van der Waals surface area contributed by atoms with Crippen molar-refractivity contribution in [1.82, 2.24) is 0 Å². The Morgan fingerprint density at radius 3 is 2.63 bits per heavy atom. The van der Waals surface area contributed by atoms with Crippen molar-refractivity contribution >= 4 is 17.1 Å². The number of anilines is 2. The van der Waals surface area contributed by atoms with Gasteiger partial charge in [0, 0.05) is 11.8 Å². The predicted octanol–water partition coefficient (Wildman–Crippen LogP) is 3.38. The third-order valence-corrected chi connectivity index (χ3v) is 2.58. The third-order valence-electron chi connectivity index (χ3n) is 2.58. The number of benzene rings is 2. The van der Waals surface area contributed by atoms with Gasteiger partial charge in [-0.15, -0.1) is 0 Å². The number of nitrogens with one attached hydrogen (secondary N) is 1. The van der Waals surface area contributed by atoms with Gasteiger partial charge in [0.05, 0.1) is 11.4 Å². The average Bonchev–Trinajstić information content (AvgIpc) is 2.37. The number of nitrogens with two attached hydrogens (primary N) is 1. The highest BCUT2D eigenvalue weighted by Gasteiger charge is 2.03. The molecule has 98 valence electrons. The molecule has 3 nitrogen and oxygen atoms in total. The largest absolute Gasteiger partial charge is 0.399 e. The summed E-state index contributed by atoms with van der Waals surface area (Å²) in [7, 11) is 0. The molecule has 2 aromatic carbocycles. The summed E-state index contributed by atoms with van der Waals surface area (Å²) in [5, 5.41) is 4.04. The van der Waals surface area contributed by atoms with Crippen molar-refractivity contribution in [2.45, 2.75) is 6.92 Å². The Kier molecular flexibility index (Phi) is 3.75. The van der Waals surface area contributed by atoms with Gasteiger partial charge in [0.15, 0.2) is 5.82 Å². The van der Waals surface area contributed by atoms with Gasteiger partial charge in [-0.25, -0.2) is 8.78 Å². The number of nitrogens with zero attached hydrogens (tertiary/aromatic N) is 1.